The summed E-state index contributed by atoms with van der Waals surface area (Å²) in [6.07, 6.45) is 5.53. The van der Waals surface area contributed by atoms with E-state index in [-0.39, 0.29) is 0 Å². The van der Waals surface area contributed by atoms with E-state index < -0.39 is 0 Å². The number of quaternary nitrogens is 1. The highest BCUT2D eigenvalue weighted by Gasteiger charge is 2.25. The zero-order valence-corrected chi connectivity index (χ0v) is 14.2. The van der Waals surface area contributed by atoms with E-state index >= 15 is 0 Å². The number of hydrogen-bond acceptors (Lipinski definition) is 1. The molecule has 0 amide bonds. The van der Waals surface area contributed by atoms with Crippen molar-refractivity contribution in [2.45, 2.75) is 39.5 Å². The van der Waals surface area contributed by atoms with Gasteiger partial charge in [0.05, 0.1) is 33.2 Å². The fourth-order valence-corrected chi connectivity index (χ4v) is 3.28. The molecule has 21 heavy (non-hydrogen) atoms. The molecule has 1 aliphatic heterocycles. The average molecular weight is 289 g/mol. The first kappa shape index (κ1) is 16.4. The predicted octanol–water partition coefficient (Wildman–Crippen LogP) is 4.17. The SMILES string of the molecule is CC(C)CCN(CC[N+]1(C)CCCCC1)c1ccccc1. The minimum atomic E-state index is 0.774. The molecule has 0 bridgehead atoms. The summed E-state index contributed by atoms with van der Waals surface area (Å²) in [7, 11) is 2.45. The van der Waals surface area contributed by atoms with Crippen LogP contribution in [0.1, 0.15) is 39.5 Å². The Bertz CT molecular complexity index is 393. The lowest BCUT2D eigenvalue weighted by Crippen LogP contribution is -2.51. The van der Waals surface area contributed by atoms with Crippen molar-refractivity contribution in [1.82, 2.24) is 0 Å². The average Bonchev–Trinajstić information content (AvgIpc) is 2.48. The first-order chi connectivity index (χ1) is 10.1. The van der Waals surface area contributed by atoms with E-state index in [0.29, 0.717) is 0 Å². The highest BCUT2D eigenvalue weighted by Crippen LogP contribution is 2.19. The van der Waals surface area contributed by atoms with Crippen LogP contribution in [0.5, 0.6) is 0 Å². The second-order valence-electron chi connectivity index (χ2n) is 7.36. The van der Waals surface area contributed by atoms with Gasteiger partial charge < -0.3 is 9.38 Å². The van der Waals surface area contributed by atoms with Crippen molar-refractivity contribution < 1.29 is 4.48 Å². The van der Waals surface area contributed by atoms with Crippen molar-refractivity contribution in [3.05, 3.63) is 30.3 Å². The Balaban J connectivity index is 1.95. The van der Waals surface area contributed by atoms with Gasteiger partial charge in [0.1, 0.15) is 0 Å². The van der Waals surface area contributed by atoms with E-state index in [0.717, 1.165) is 5.92 Å². The van der Waals surface area contributed by atoms with Gasteiger partial charge in [0, 0.05) is 12.2 Å². The van der Waals surface area contributed by atoms with Crippen molar-refractivity contribution in [2.24, 2.45) is 5.92 Å². The zero-order chi connectivity index (χ0) is 15.1. The molecule has 1 aromatic rings. The summed E-state index contributed by atoms with van der Waals surface area (Å²) in [6, 6.07) is 11.0. The molecule has 0 saturated carbocycles. The first-order valence-electron chi connectivity index (χ1n) is 8.73. The van der Waals surface area contributed by atoms with Gasteiger partial charge in [0.2, 0.25) is 0 Å². The van der Waals surface area contributed by atoms with Crippen LogP contribution in [0.15, 0.2) is 30.3 Å². The summed E-state index contributed by atoms with van der Waals surface area (Å²) < 4.78 is 1.27. The molecule has 0 spiro atoms. The molecule has 1 fully saturated rings. The number of hydrogen-bond donors (Lipinski definition) is 0. The van der Waals surface area contributed by atoms with Gasteiger partial charge >= 0.3 is 0 Å². The molecule has 0 N–H and O–H groups in total. The first-order valence-corrected chi connectivity index (χ1v) is 8.73. The minimum absolute atomic E-state index is 0.774. The van der Waals surface area contributed by atoms with Crippen LogP contribution in [0.4, 0.5) is 5.69 Å². The van der Waals surface area contributed by atoms with Crippen LogP contribution in [0.25, 0.3) is 0 Å². The lowest BCUT2D eigenvalue weighted by Gasteiger charge is -2.39. The van der Waals surface area contributed by atoms with Crippen molar-refractivity contribution >= 4 is 5.69 Å². The molecule has 1 saturated heterocycles. The summed E-state index contributed by atoms with van der Waals surface area (Å²) in [5.74, 6) is 0.774. The van der Waals surface area contributed by atoms with E-state index in [1.54, 1.807) is 0 Å². The third kappa shape index (κ3) is 5.35. The largest absolute Gasteiger partial charge is 0.366 e. The van der Waals surface area contributed by atoms with Crippen LogP contribution >= 0.6 is 0 Å². The fraction of sp³-hybridized carbons (Fsp3) is 0.684. The molecule has 0 aliphatic carbocycles. The summed E-state index contributed by atoms with van der Waals surface area (Å²) in [5, 5.41) is 0. The zero-order valence-electron chi connectivity index (χ0n) is 14.2. The molecule has 2 heteroatoms. The summed E-state index contributed by atoms with van der Waals surface area (Å²) >= 11 is 0. The highest BCUT2D eigenvalue weighted by atomic mass is 15.3. The van der Waals surface area contributed by atoms with Crippen molar-refractivity contribution in [3.63, 3.8) is 0 Å². The Morgan fingerprint density at radius 2 is 1.67 bits per heavy atom. The molecule has 1 aromatic carbocycles. The number of likely N-dealkylation sites (tertiary alicyclic amines) is 1. The van der Waals surface area contributed by atoms with Gasteiger partial charge in [-0.2, -0.15) is 0 Å². The van der Waals surface area contributed by atoms with Crippen molar-refractivity contribution in [1.29, 1.82) is 0 Å². The summed E-state index contributed by atoms with van der Waals surface area (Å²) in [5.41, 5.74) is 1.39. The van der Waals surface area contributed by atoms with Gasteiger partial charge in [-0.05, 0) is 43.7 Å². The van der Waals surface area contributed by atoms with Crippen LogP contribution < -0.4 is 4.90 Å². The number of benzene rings is 1. The lowest BCUT2D eigenvalue weighted by molar-refractivity contribution is -0.912. The summed E-state index contributed by atoms with van der Waals surface area (Å²) in [6.45, 7) is 11.0. The van der Waals surface area contributed by atoms with E-state index in [2.05, 4.69) is 56.1 Å². The molecule has 0 unspecified atom stereocenters. The third-order valence-corrected chi connectivity index (χ3v) is 4.90. The maximum absolute atomic E-state index is 2.60. The molecular weight excluding hydrogens is 256 g/mol. The molecule has 0 aromatic heterocycles. The molecule has 2 rings (SSSR count). The second-order valence-corrected chi connectivity index (χ2v) is 7.36. The van der Waals surface area contributed by atoms with Crippen LogP contribution in [-0.2, 0) is 0 Å². The normalized spacial score (nSPS) is 17.9. The Hall–Kier alpha value is -1.02. The molecule has 1 heterocycles. The lowest BCUT2D eigenvalue weighted by atomic mass is 10.1. The Morgan fingerprint density at radius 3 is 2.29 bits per heavy atom. The number of likely N-dealkylation sites (N-methyl/N-ethyl adjacent to an activating group) is 1. The molecule has 118 valence electrons. The van der Waals surface area contributed by atoms with Crippen molar-refractivity contribution in [3.8, 4) is 0 Å². The van der Waals surface area contributed by atoms with E-state index in [9.17, 15) is 0 Å². The fourth-order valence-electron chi connectivity index (χ4n) is 3.28. The standard InChI is InChI=1S/C19H33N2/c1-18(2)12-13-20(19-10-6-4-7-11-19)14-17-21(3)15-8-5-9-16-21/h4,6-7,10-11,18H,5,8-9,12-17H2,1-3H3/q+1. The van der Waals surface area contributed by atoms with E-state index in [1.165, 1.54) is 68.6 Å². The van der Waals surface area contributed by atoms with Crippen LogP contribution in [-0.4, -0.2) is 44.3 Å². The molecular formula is C19H33N2+. The summed E-state index contributed by atoms with van der Waals surface area (Å²) in [4.78, 5) is 2.60. The number of rotatable bonds is 7. The topological polar surface area (TPSA) is 3.24 Å². The van der Waals surface area contributed by atoms with E-state index in [4.69, 9.17) is 0 Å². The number of nitrogens with zero attached hydrogens (tertiary/aromatic N) is 2. The van der Waals surface area contributed by atoms with Gasteiger partial charge in [0.25, 0.3) is 0 Å². The van der Waals surface area contributed by atoms with Gasteiger partial charge in [-0.1, -0.05) is 32.0 Å². The van der Waals surface area contributed by atoms with Crippen LogP contribution in [0.3, 0.4) is 0 Å². The van der Waals surface area contributed by atoms with Gasteiger partial charge in [-0.3, -0.25) is 0 Å². The Morgan fingerprint density at radius 1 is 1.00 bits per heavy atom. The minimum Gasteiger partial charge on any atom is -0.366 e. The van der Waals surface area contributed by atoms with Crippen LogP contribution in [0.2, 0.25) is 0 Å². The molecule has 0 radical (unpaired) electrons. The van der Waals surface area contributed by atoms with Gasteiger partial charge in [-0.15, -0.1) is 0 Å². The highest BCUT2D eigenvalue weighted by molar-refractivity contribution is 5.45. The van der Waals surface area contributed by atoms with Crippen molar-refractivity contribution in [2.75, 3.05) is 44.7 Å². The number of para-hydroxylation sites is 1. The second kappa shape index (κ2) is 7.84. The monoisotopic (exact) mass is 289 g/mol. The van der Waals surface area contributed by atoms with Gasteiger partial charge in [-0.25, -0.2) is 0 Å². The molecule has 1 aliphatic rings. The van der Waals surface area contributed by atoms with Gasteiger partial charge in [0.15, 0.2) is 0 Å². The quantitative estimate of drug-likeness (QED) is 0.681. The Kier molecular flexibility index (Phi) is 6.10. The maximum atomic E-state index is 2.60. The third-order valence-electron chi connectivity index (χ3n) is 4.90. The number of anilines is 1. The van der Waals surface area contributed by atoms with E-state index in [1.807, 2.05) is 0 Å². The smallest absolute Gasteiger partial charge is 0.0962 e. The van der Waals surface area contributed by atoms with Crippen LogP contribution in [0, 0.1) is 5.92 Å². The number of piperidine rings is 1. The molecule has 2 nitrogen and oxygen atoms in total. The maximum Gasteiger partial charge on any atom is 0.0962 e. The molecule has 0 atom stereocenters. The predicted molar refractivity (Wildman–Crippen MR) is 92.7 cm³/mol. The Labute approximate surface area is 131 Å².